The number of nitrogens with zero attached hydrogens (tertiary/aromatic N) is 1. The number of hydrogen-bond donors (Lipinski definition) is 1. The number of rotatable bonds is 5. The third-order valence-corrected chi connectivity index (χ3v) is 3.89. The zero-order chi connectivity index (χ0) is 13.0. The van der Waals surface area contributed by atoms with Gasteiger partial charge in [-0.3, -0.25) is 0 Å². The first-order valence-electron chi connectivity index (χ1n) is 5.96. The summed E-state index contributed by atoms with van der Waals surface area (Å²) in [6.07, 6.45) is 2.37. The van der Waals surface area contributed by atoms with Crippen molar-refractivity contribution >= 4 is 17.3 Å². The van der Waals surface area contributed by atoms with Crippen molar-refractivity contribution in [2.45, 2.75) is 26.2 Å². The summed E-state index contributed by atoms with van der Waals surface area (Å²) in [4.78, 5) is 15.8. The molecule has 0 aliphatic carbocycles. The van der Waals surface area contributed by atoms with Crippen molar-refractivity contribution in [3.8, 4) is 0 Å². The number of aromatic nitrogens is 1. The SMILES string of the molecule is CCc1nc(CCc2ccccc2)sc1C(=O)O. The van der Waals surface area contributed by atoms with Gasteiger partial charge in [-0.1, -0.05) is 37.3 Å². The quantitative estimate of drug-likeness (QED) is 0.899. The molecule has 0 spiro atoms. The molecule has 0 aliphatic rings. The molecule has 0 saturated carbocycles. The molecule has 0 saturated heterocycles. The molecular weight excluding hydrogens is 246 g/mol. The van der Waals surface area contributed by atoms with Gasteiger partial charge in [0.1, 0.15) is 4.88 Å². The average Bonchev–Trinajstić information content (AvgIpc) is 2.81. The highest BCUT2D eigenvalue weighted by Gasteiger charge is 2.15. The second-order valence-electron chi connectivity index (χ2n) is 4.03. The number of carboxylic acid groups (broad SMARTS) is 1. The summed E-state index contributed by atoms with van der Waals surface area (Å²) < 4.78 is 0. The molecule has 0 amide bonds. The number of carbonyl (C=O) groups is 1. The Balaban J connectivity index is 2.08. The minimum atomic E-state index is -0.865. The van der Waals surface area contributed by atoms with Crippen molar-refractivity contribution < 1.29 is 9.90 Å². The lowest BCUT2D eigenvalue weighted by Gasteiger charge is -1.97. The smallest absolute Gasteiger partial charge is 0.347 e. The number of hydrogen-bond acceptors (Lipinski definition) is 3. The van der Waals surface area contributed by atoms with Crippen molar-refractivity contribution in [2.75, 3.05) is 0 Å². The minimum Gasteiger partial charge on any atom is -0.477 e. The molecule has 3 nitrogen and oxygen atoms in total. The molecule has 2 aromatic rings. The molecule has 1 N–H and O–H groups in total. The van der Waals surface area contributed by atoms with E-state index in [2.05, 4.69) is 17.1 Å². The first kappa shape index (κ1) is 12.8. The van der Waals surface area contributed by atoms with E-state index in [1.807, 2.05) is 25.1 Å². The van der Waals surface area contributed by atoms with E-state index in [-0.39, 0.29) is 0 Å². The summed E-state index contributed by atoms with van der Waals surface area (Å²) in [6.45, 7) is 1.93. The molecule has 0 bridgehead atoms. The van der Waals surface area contributed by atoms with Crippen LogP contribution in [0, 0.1) is 0 Å². The van der Waals surface area contributed by atoms with Crippen LogP contribution in [0.5, 0.6) is 0 Å². The maximum absolute atomic E-state index is 11.0. The van der Waals surface area contributed by atoms with E-state index >= 15 is 0 Å². The summed E-state index contributed by atoms with van der Waals surface area (Å²) >= 11 is 1.30. The van der Waals surface area contributed by atoms with E-state index in [1.54, 1.807) is 0 Å². The molecule has 1 heterocycles. The van der Waals surface area contributed by atoms with Gasteiger partial charge in [-0.25, -0.2) is 9.78 Å². The fourth-order valence-corrected chi connectivity index (χ4v) is 2.80. The van der Waals surface area contributed by atoms with Crippen molar-refractivity contribution in [1.82, 2.24) is 4.98 Å². The third kappa shape index (κ3) is 2.96. The highest BCUT2D eigenvalue weighted by molar-refractivity contribution is 7.13. The Hall–Kier alpha value is -1.68. The van der Waals surface area contributed by atoms with Crippen molar-refractivity contribution in [1.29, 1.82) is 0 Å². The van der Waals surface area contributed by atoms with Crippen LogP contribution in [0.15, 0.2) is 30.3 Å². The fraction of sp³-hybridized carbons (Fsp3) is 0.286. The van der Waals surface area contributed by atoms with E-state index < -0.39 is 5.97 Å². The summed E-state index contributed by atoms with van der Waals surface area (Å²) in [5.41, 5.74) is 1.96. The molecule has 0 fully saturated rings. The van der Waals surface area contributed by atoms with Gasteiger partial charge >= 0.3 is 5.97 Å². The standard InChI is InChI=1S/C14H15NO2S/c1-2-11-13(14(16)17)18-12(15-11)9-8-10-6-4-3-5-7-10/h3-7H,2,8-9H2,1H3,(H,16,17). The second-order valence-corrected chi connectivity index (χ2v) is 5.11. The molecule has 0 atom stereocenters. The van der Waals surface area contributed by atoms with Gasteiger partial charge in [0.05, 0.1) is 10.7 Å². The zero-order valence-electron chi connectivity index (χ0n) is 10.2. The maximum Gasteiger partial charge on any atom is 0.347 e. The Labute approximate surface area is 110 Å². The van der Waals surface area contributed by atoms with Crippen LogP contribution in [-0.2, 0) is 19.3 Å². The normalized spacial score (nSPS) is 10.5. The molecule has 2 rings (SSSR count). The third-order valence-electron chi connectivity index (χ3n) is 2.74. The largest absolute Gasteiger partial charge is 0.477 e. The van der Waals surface area contributed by atoms with Crippen LogP contribution in [0.2, 0.25) is 0 Å². The van der Waals surface area contributed by atoms with Crippen LogP contribution in [0.1, 0.15) is 32.9 Å². The van der Waals surface area contributed by atoms with E-state index in [0.29, 0.717) is 17.0 Å². The van der Waals surface area contributed by atoms with Gasteiger partial charge in [-0.15, -0.1) is 11.3 Å². The Kier molecular flexibility index (Phi) is 4.10. The van der Waals surface area contributed by atoms with Gasteiger partial charge in [0.15, 0.2) is 0 Å². The lowest BCUT2D eigenvalue weighted by Crippen LogP contribution is -1.97. The van der Waals surface area contributed by atoms with Crippen LogP contribution < -0.4 is 0 Å². The van der Waals surface area contributed by atoms with Crippen LogP contribution in [0.25, 0.3) is 0 Å². The number of benzene rings is 1. The second kappa shape index (κ2) is 5.78. The summed E-state index contributed by atoms with van der Waals surface area (Å²) in [6, 6.07) is 10.2. The molecule has 18 heavy (non-hydrogen) atoms. The average molecular weight is 261 g/mol. The number of aromatic carboxylic acids is 1. The predicted octanol–water partition coefficient (Wildman–Crippen LogP) is 3.19. The topological polar surface area (TPSA) is 50.2 Å². The van der Waals surface area contributed by atoms with Gasteiger partial charge < -0.3 is 5.11 Å². The van der Waals surface area contributed by atoms with Gasteiger partial charge in [0.25, 0.3) is 0 Å². The Morgan fingerprint density at radius 3 is 2.56 bits per heavy atom. The maximum atomic E-state index is 11.0. The van der Waals surface area contributed by atoms with Crippen LogP contribution in [0.4, 0.5) is 0 Å². The zero-order valence-corrected chi connectivity index (χ0v) is 11.0. The predicted molar refractivity (Wildman–Crippen MR) is 72.3 cm³/mol. The Morgan fingerprint density at radius 1 is 1.28 bits per heavy atom. The first-order valence-corrected chi connectivity index (χ1v) is 6.78. The van der Waals surface area contributed by atoms with Gasteiger partial charge in [0, 0.05) is 6.42 Å². The molecule has 1 aromatic heterocycles. The van der Waals surface area contributed by atoms with Crippen LogP contribution >= 0.6 is 11.3 Å². The number of aryl methyl sites for hydroxylation is 3. The lowest BCUT2D eigenvalue weighted by atomic mass is 10.1. The first-order chi connectivity index (χ1) is 8.70. The van der Waals surface area contributed by atoms with E-state index in [0.717, 1.165) is 17.8 Å². The summed E-state index contributed by atoms with van der Waals surface area (Å²) in [5, 5.41) is 9.98. The molecule has 4 heteroatoms. The van der Waals surface area contributed by atoms with E-state index in [9.17, 15) is 4.79 Å². The van der Waals surface area contributed by atoms with Crippen LogP contribution in [0.3, 0.4) is 0 Å². The Morgan fingerprint density at radius 2 is 2.00 bits per heavy atom. The number of carboxylic acids is 1. The van der Waals surface area contributed by atoms with Crippen molar-refractivity contribution in [3.05, 3.63) is 51.5 Å². The molecule has 0 radical (unpaired) electrons. The fourth-order valence-electron chi connectivity index (χ4n) is 1.81. The van der Waals surface area contributed by atoms with Crippen molar-refractivity contribution in [2.24, 2.45) is 0 Å². The highest BCUT2D eigenvalue weighted by atomic mass is 32.1. The Bertz CT molecular complexity index is 534. The van der Waals surface area contributed by atoms with Gasteiger partial charge in [0.2, 0.25) is 0 Å². The van der Waals surface area contributed by atoms with Gasteiger partial charge in [-0.05, 0) is 18.4 Å². The molecule has 94 valence electrons. The molecule has 1 aromatic carbocycles. The molecule has 0 aliphatic heterocycles. The van der Waals surface area contributed by atoms with E-state index in [1.165, 1.54) is 16.9 Å². The van der Waals surface area contributed by atoms with Crippen molar-refractivity contribution in [3.63, 3.8) is 0 Å². The van der Waals surface area contributed by atoms with Gasteiger partial charge in [-0.2, -0.15) is 0 Å². The van der Waals surface area contributed by atoms with Crippen LogP contribution in [-0.4, -0.2) is 16.1 Å². The monoisotopic (exact) mass is 261 g/mol. The molecular formula is C14H15NO2S. The molecule has 0 unspecified atom stereocenters. The summed E-state index contributed by atoms with van der Waals surface area (Å²) in [7, 11) is 0. The van der Waals surface area contributed by atoms with E-state index in [4.69, 9.17) is 5.11 Å². The minimum absolute atomic E-state index is 0.389. The number of thiazole rings is 1. The highest BCUT2D eigenvalue weighted by Crippen LogP contribution is 2.20. The lowest BCUT2D eigenvalue weighted by molar-refractivity contribution is 0.0701. The summed E-state index contributed by atoms with van der Waals surface area (Å²) in [5.74, 6) is -0.865.